The van der Waals surface area contributed by atoms with Crippen molar-refractivity contribution >= 4 is 12.1 Å². The van der Waals surface area contributed by atoms with E-state index in [4.69, 9.17) is 9.84 Å². The predicted octanol–water partition coefficient (Wildman–Crippen LogP) is 1.92. The number of ether oxygens (including phenoxy) is 1. The largest absolute Gasteiger partial charge is 0.481 e. The van der Waals surface area contributed by atoms with Crippen molar-refractivity contribution in [1.82, 2.24) is 15.3 Å². The molecule has 1 amide bonds. The van der Waals surface area contributed by atoms with Crippen molar-refractivity contribution in [2.45, 2.75) is 19.1 Å². The summed E-state index contributed by atoms with van der Waals surface area (Å²) in [4.78, 5) is 30.6. The van der Waals surface area contributed by atoms with Crippen LogP contribution in [0.2, 0.25) is 0 Å². The molecule has 0 unspecified atom stereocenters. The summed E-state index contributed by atoms with van der Waals surface area (Å²) in [7, 11) is 0. The third kappa shape index (κ3) is 4.86. The molecule has 2 rings (SSSR count). The van der Waals surface area contributed by atoms with E-state index in [9.17, 15) is 9.59 Å². The number of carboxylic acids is 1. The number of aliphatic carboxylic acids is 1. The lowest BCUT2D eigenvalue weighted by atomic mass is 10.1. The van der Waals surface area contributed by atoms with E-state index in [1.165, 1.54) is 18.6 Å². The van der Waals surface area contributed by atoms with Crippen molar-refractivity contribution in [1.29, 1.82) is 0 Å². The number of carboxylic acid groups (broad SMARTS) is 1. The molecule has 7 heteroatoms. The first-order valence-corrected chi connectivity index (χ1v) is 6.60. The smallest absolute Gasteiger partial charge is 0.408 e. The molecule has 0 spiro atoms. The van der Waals surface area contributed by atoms with Gasteiger partial charge in [0.25, 0.3) is 0 Å². The zero-order valence-electron chi connectivity index (χ0n) is 11.7. The molecule has 0 aliphatic heterocycles. The zero-order chi connectivity index (χ0) is 15.8. The van der Waals surface area contributed by atoms with Gasteiger partial charge in [0.1, 0.15) is 6.61 Å². The van der Waals surface area contributed by atoms with Crippen LogP contribution < -0.4 is 5.32 Å². The normalized spacial score (nSPS) is 11.5. The minimum Gasteiger partial charge on any atom is -0.481 e. The summed E-state index contributed by atoms with van der Waals surface area (Å²) in [5.41, 5.74) is 1.20. The predicted molar refractivity (Wildman–Crippen MR) is 76.8 cm³/mol. The second kappa shape index (κ2) is 7.72. The maximum Gasteiger partial charge on any atom is 0.408 e. The van der Waals surface area contributed by atoms with Gasteiger partial charge in [-0.1, -0.05) is 30.3 Å². The molecule has 1 heterocycles. The molecule has 1 aromatic heterocycles. The number of benzene rings is 1. The molecule has 2 N–H and O–H groups in total. The van der Waals surface area contributed by atoms with Crippen LogP contribution in [0.15, 0.2) is 48.9 Å². The van der Waals surface area contributed by atoms with Crippen molar-refractivity contribution in [2.75, 3.05) is 0 Å². The lowest BCUT2D eigenvalue weighted by Gasteiger charge is -2.16. The lowest BCUT2D eigenvalue weighted by Crippen LogP contribution is -2.31. The molecule has 0 aliphatic carbocycles. The number of amides is 1. The monoisotopic (exact) mass is 301 g/mol. The van der Waals surface area contributed by atoms with Crippen LogP contribution in [0.4, 0.5) is 4.79 Å². The number of carbonyl (C=O) groups excluding carboxylic acids is 1. The number of nitrogens with zero attached hydrogens (tertiary/aromatic N) is 2. The molecule has 0 bridgehead atoms. The number of alkyl carbamates (subject to hydrolysis) is 1. The van der Waals surface area contributed by atoms with Crippen LogP contribution in [0, 0.1) is 0 Å². The van der Waals surface area contributed by atoms with Crippen molar-refractivity contribution < 1.29 is 19.4 Å². The zero-order valence-corrected chi connectivity index (χ0v) is 11.7. The number of hydrogen-bond acceptors (Lipinski definition) is 5. The average Bonchev–Trinajstić information content (AvgIpc) is 2.54. The van der Waals surface area contributed by atoms with Crippen LogP contribution in [0.25, 0.3) is 0 Å². The van der Waals surface area contributed by atoms with Gasteiger partial charge in [-0.05, 0) is 5.56 Å². The van der Waals surface area contributed by atoms with Crippen LogP contribution in [-0.4, -0.2) is 27.1 Å². The Bertz CT molecular complexity index is 619. The van der Waals surface area contributed by atoms with E-state index in [-0.39, 0.29) is 13.0 Å². The summed E-state index contributed by atoms with van der Waals surface area (Å²) in [5, 5.41) is 11.4. The third-order valence-corrected chi connectivity index (χ3v) is 2.82. The van der Waals surface area contributed by atoms with Crippen LogP contribution in [0.1, 0.15) is 23.7 Å². The van der Waals surface area contributed by atoms with E-state index < -0.39 is 18.1 Å². The van der Waals surface area contributed by atoms with Gasteiger partial charge in [-0.3, -0.25) is 14.8 Å². The van der Waals surface area contributed by atoms with Gasteiger partial charge in [0, 0.05) is 12.4 Å². The van der Waals surface area contributed by atoms with E-state index in [2.05, 4.69) is 15.3 Å². The van der Waals surface area contributed by atoms with Crippen LogP contribution in [0.3, 0.4) is 0 Å². The van der Waals surface area contributed by atoms with E-state index in [0.717, 1.165) is 5.56 Å². The lowest BCUT2D eigenvalue weighted by molar-refractivity contribution is -0.137. The number of hydrogen-bond donors (Lipinski definition) is 2. The van der Waals surface area contributed by atoms with Crippen molar-refractivity contribution in [3.63, 3.8) is 0 Å². The Morgan fingerprint density at radius 2 is 2.00 bits per heavy atom. The first kappa shape index (κ1) is 15.4. The van der Waals surface area contributed by atoms with Crippen molar-refractivity contribution in [2.24, 2.45) is 0 Å². The van der Waals surface area contributed by atoms with E-state index in [0.29, 0.717) is 5.69 Å². The van der Waals surface area contributed by atoms with Gasteiger partial charge in [0.2, 0.25) is 0 Å². The Labute approximate surface area is 127 Å². The highest BCUT2D eigenvalue weighted by atomic mass is 16.5. The number of nitrogens with one attached hydrogen (secondary N) is 1. The van der Waals surface area contributed by atoms with E-state index in [1.807, 2.05) is 30.3 Å². The second-order valence-corrected chi connectivity index (χ2v) is 4.49. The molecular weight excluding hydrogens is 286 g/mol. The van der Waals surface area contributed by atoms with Gasteiger partial charge >= 0.3 is 12.1 Å². The van der Waals surface area contributed by atoms with Gasteiger partial charge < -0.3 is 15.2 Å². The number of rotatable bonds is 6. The van der Waals surface area contributed by atoms with E-state index >= 15 is 0 Å². The molecular formula is C15H15N3O4. The molecule has 0 aliphatic rings. The highest BCUT2D eigenvalue weighted by molar-refractivity contribution is 5.71. The molecule has 1 aromatic carbocycles. The maximum absolute atomic E-state index is 11.8. The number of aromatic nitrogens is 2. The summed E-state index contributed by atoms with van der Waals surface area (Å²) in [6.07, 6.45) is 3.29. The standard InChI is InChI=1S/C15H15N3O4/c19-14(20)8-12(13-9-16-6-7-17-13)18-15(21)22-10-11-4-2-1-3-5-11/h1-7,9,12H,8,10H2,(H,18,21)(H,19,20)/t12-/m0/s1. The fraction of sp³-hybridized carbons (Fsp3) is 0.200. The molecule has 0 saturated carbocycles. The Balaban J connectivity index is 1.95. The summed E-state index contributed by atoms with van der Waals surface area (Å²) >= 11 is 0. The Morgan fingerprint density at radius 3 is 2.64 bits per heavy atom. The van der Waals surface area contributed by atoms with Crippen LogP contribution in [-0.2, 0) is 16.1 Å². The second-order valence-electron chi connectivity index (χ2n) is 4.49. The number of carbonyl (C=O) groups is 2. The van der Waals surface area contributed by atoms with Crippen LogP contribution >= 0.6 is 0 Å². The SMILES string of the molecule is O=C(O)C[C@H](NC(=O)OCc1ccccc1)c1cnccn1. The molecule has 114 valence electrons. The molecule has 22 heavy (non-hydrogen) atoms. The Hall–Kier alpha value is -2.96. The van der Waals surface area contributed by atoms with Gasteiger partial charge in [-0.25, -0.2) is 4.79 Å². The molecule has 0 fully saturated rings. The highest BCUT2D eigenvalue weighted by Gasteiger charge is 2.20. The Morgan fingerprint density at radius 1 is 1.23 bits per heavy atom. The minimum atomic E-state index is -1.06. The Kier molecular flexibility index (Phi) is 5.42. The summed E-state index contributed by atoms with van der Waals surface area (Å²) < 4.78 is 5.07. The summed E-state index contributed by atoms with van der Waals surface area (Å²) in [6, 6.07) is 8.39. The molecule has 0 radical (unpaired) electrons. The maximum atomic E-state index is 11.8. The van der Waals surface area contributed by atoms with Crippen molar-refractivity contribution in [3.8, 4) is 0 Å². The highest BCUT2D eigenvalue weighted by Crippen LogP contribution is 2.13. The quantitative estimate of drug-likeness (QED) is 0.845. The molecule has 7 nitrogen and oxygen atoms in total. The first-order valence-electron chi connectivity index (χ1n) is 6.60. The molecule has 2 aromatic rings. The average molecular weight is 301 g/mol. The topological polar surface area (TPSA) is 101 Å². The van der Waals surface area contributed by atoms with Gasteiger partial charge in [0.15, 0.2) is 0 Å². The minimum absolute atomic E-state index is 0.104. The fourth-order valence-electron chi connectivity index (χ4n) is 1.80. The molecule has 0 saturated heterocycles. The van der Waals surface area contributed by atoms with Gasteiger partial charge in [-0.2, -0.15) is 0 Å². The van der Waals surface area contributed by atoms with E-state index in [1.54, 1.807) is 0 Å². The summed E-state index contributed by atoms with van der Waals surface area (Å²) in [5.74, 6) is -1.06. The third-order valence-electron chi connectivity index (χ3n) is 2.82. The van der Waals surface area contributed by atoms with Crippen LogP contribution in [0.5, 0.6) is 0 Å². The first-order chi connectivity index (χ1) is 10.6. The van der Waals surface area contributed by atoms with Gasteiger partial charge in [-0.15, -0.1) is 0 Å². The fourth-order valence-corrected chi connectivity index (χ4v) is 1.80. The molecule has 1 atom stereocenters. The van der Waals surface area contributed by atoms with Crippen molar-refractivity contribution in [3.05, 3.63) is 60.2 Å². The summed E-state index contributed by atoms with van der Waals surface area (Å²) in [6.45, 7) is 0.104. The van der Waals surface area contributed by atoms with Gasteiger partial charge in [0.05, 0.1) is 24.4 Å².